The first-order valence-electron chi connectivity index (χ1n) is 7.41. The molecule has 2 aliphatic heterocycles. The predicted octanol–water partition coefficient (Wildman–Crippen LogP) is -0.0482. The SMILES string of the molecule is CC1(O)CCN(C(=O)CSCC(=O)N2CCOCC2)CC1. The molecule has 7 heteroatoms. The maximum atomic E-state index is 12.0. The lowest BCUT2D eigenvalue weighted by Crippen LogP contribution is -2.46. The second-order valence-electron chi connectivity index (χ2n) is 5.86. The van der Waals surface area contributed by atoms with Gasteiger partial charge in [0.2, 0.25) is 11.8 Å². The van der Waals surface area contributed by atoms with Gasteiger partial charge in [0.1, 0.15) is 0 Å². The molecule has 6 nitrogen and oxygen atoms in total. The maximum absolute atomic E-state index is 12.0. The van der Waals surface area contributed by atoms with E-state index >= 15 is 0 Å². The highest BCUT2D eigenvalue weighted by Gasteiger charge is 2.29. The summed E-state index contributed by atoms with van der Waals surface area (Å²) in [5.41, 5.74) is -0.643. The van der Waals surface area contributed by atoms with Crippen LogP contribution in [0, 0.1) is 0 Å². The van der Waals surface area contributed by atoms with Gasteiger partial charge in [-0.2, -0.15) is 0 Å². The first-order valence-corrected chi connectivity index (χ1v) is 8.57. The van der Waals surface area contributed by atoms with Crippen LogP contribution in [0.2, 0.25) is 0 Å². The average molecular weight is 316 g/mol. The summed E-state index contributed by atoms with van der Waals surface area (Å²) in [5, 5.41) is 9.86. The number of hydrogen-bond donors (Lipinski definition) is 1. The van der Waals surface area contributed by atoms with Crippen LogP contribution in [0.4, 0.5) is 0 Å². The molecule has 2 heterocycles. The molecule has 2 saturated heterocycles. The monoisotopic (exact) mass is 316 g/mol. The molecule has 2 fully saturated rings. The van der Waals surface area contributed by atoms with Crippen molar-refractivity contribution in [1.29, 1.82) is 0 Å². The Hall–Kier alpha value is -0.790. The van der Waals surface area contributed by atoms with Crippen LogP contribution in [-0.2, 0) is 14.3 Å². The van der Waals surface area contributed by atoms with Gasteiger partial charge in [0.05, 0.1) is 30.3 Å². The van der Waals surface area contributed by atoms with Gasteiger partial charge in [0.25, 0.3) is 0 Å². The van der Waals surface area contributed by atoms with E-state index in [-0.39, 0.29) is 11.8 Å². The quantitative estimate of drug-likeness (QED) is 0.788. The first-order chi connectivity index (χ1) is 9.98. The molecule has 2 rings (SSSR count). The van der Waals surface area contributed by atoms with E-state index in [1.807, 2.05) is 6.92 Å². The molecule has 1 N–H and O–H groups in total. The molecule has 0 aromatic rings. The number of carbonyl (C=O) groups is 2. The molecular formula is C14H24N2O4S. The number of morpholine rings is 1. The Labute approximate surface area is 129 Å². The number of likely N-dealkylation sites (tertiary alicyclic amines) is 1. The maximum Gasteiger partial charge on any atom is 0.232 e. The van der Waals surface area contributed by atoms with E-state index in [1.54, 1.807) is 9.80 Å². The van der Waals surface area contributed by atoms with Crippen LogP contribution < -0.4 is 0 Å². The van der Waals surface area contributed by atoms with Gasteiger partial charge in [-0.3, -0.25) is 9.59 Å². The summed E-state index contributed by atoms with van der Waals surface area (Å²) in [6.07, 6.45) is 1.24. The molecule has 0 aromatic heterocycles. The van der Waals surface area contributed by atoms with Crippen molar-refractivity contribution in [2.24, 2.45) is 0 Å². The highest BCUT2D eigenvalue weighted by atomic mass is 32.2. The molecule has 0 unspecified atom stereocenters. The van der Waals surface area contributed by atoms with Crippen molar-refractivity contribution in [1.82, 2.24) is 9.80 Å². The van der Waals surface area contributed by atoms with Crippen LogP contribution in [0.25, 0.3) is 0 Å². The molecule has 2 aliphatic rings. The van der Waals surface area contributed by atoms with E-state index in [2.05, 4.69) is 0 Å². The summed E-state index contributed by atoms with van der Waals surface area (Å²) in [4.78, 5) is 27.6. The van der Waals surface area contributed by atoms with Gasteiger partial charge in [-0.15, -0.1) is 11.8 Å². The van der Waals surface area contributed by atoms with E-state index in [0.717, 1.165) is 0 Å². The van der Waals surface area contributed by atoms with Crippen LogP contribution >= 0.6 is 11.8 Å². The molecule has 0 atom stereocenters. The van der Waals surface area contributed by atoms with E-state index in [1.165, 1.54) is 11.8 Å². The summed E-state index contributed by atoms with van der Waals surface area (Å²) >= 11 is 1.37. The number of nitrogens with zero attached hydrogens (tertiary/aromatic N) is 2. The van der Waals surface area contributed by atoms with E-state index in [0.29, 0.717) is 63.7 Å². The molecule has 21 heavy (non-hydrogen) atoms. The number of amides is 2. The van der Waals surface area contributed by atoms with Gasteiger partial charge >= 0.3 is 0 Å². The van der Waals surface area contributed by atoms with Crippen LogP contribution in [0.15, 0.2) is 0 Å². The van der Waals surface area contributed by atoms with Gasteiger partial charge < -0.3 is 19.6 Å². The topological polar surface area (TPSA) is 70.1 Å². The summed E-state index contributed by atoms with van der Waals surface area (Å²) in [6, 6.07) is 0. The average Bonchev–Trinajstić information content (AvgIpc) is 2.47. The highest BCUT2D eigenvalue weighted by Crippen LogP contribution is 2.21. The lowest BCUT2D eigenvalue weighted by molar-refractivity contribution is -0.132. The van der Waals surface area contributed by atoms with Crippen LogP contribution in [0.1, 0.15) is 19.8 Å². The molecule has 0 bridgehead atoms. The van der Waals surface area contributed by atoms with Gasteiger partial charge in [-0.05, 0) is 19.8 Å². The lowest BCUT2D eigenvalue weighted by Gasteiger charge is -2.35. The van der Waals surface area contributed by atoms with Crippen LogP contribution in [0.5, 0.6) is 0 Å². The lowest BCUT2D eigenvalue weighted by atomic mass is 9.94. The molecule has 0 spiro atoms. The smallest absolute Gasteiger partial charge is 0.232 e. The molecule has 0 aliphatic carbocycles. The van der Waals surface area contributed by atoms with Crippen molar-refractivity contribution in [2.45, 2.75) is 25.4 Å². The Morgan fingerprint density at radius 1 is 1.05 bits per heavy atom. The molecule has 0 aromatic carbocycles. The minimum Gasteiger partial charge on any atom is -0.390 e. The van der Waals surface area contributed by atoms with Gasteiger partial charge in [0.15, 0.2) is 0 Å². The second-order valence-corrected chi connectivity index (χ2v) is 6.85. The minimum absolute atomic E-state index is 0.0604. The standard InChI is InChI=1S/C14H24N2O4S/c1-14(19)2-4-15(5-3-14)12(17)10-21-11-13(18)16-6-8-20-9-7-16/h19H,2-11H2,1H3. The number of piperidine rings is 1. The van der Waals surface area contributed by atoms with Crippen molar-refractivity contribution in [3.8, 4) is 0 Å². The number of hydrogen-bond acceptors (Lipinski definition) is 5. The first kappa shape index (κ1) is 16.6. The van der Waals surface area contributed by atoms with E-state index < -0.39 is 5.60 Å². The number of thioether (sulfide) groups is 1. The normalized spacial score (nSPS) is 22.2. The third-order valence-corrected chi connectivity index (χ3v) is 4.91. The zero-order valence-corrected chi connectivity index (χ0v) is 13.4. The van der Waals surface area contributed by atoms with Crippen LogP contribution in [-0.4, -0.2) is 83.2 Å². The van der Waals surface area contributed by atoms with Crippen molar-refractivity contribution in [2.75, 3.05) is 50.9 Å². The second kappa shape index (κ2) is 7.47. The van der Waals surface area contributed by atoms with Crippen molar-refractivity contribution < 1.29 is 19.4 Å². The van der Waals surface area contributed by atoms with Crippen molar-refractivity contribution in [3.63, 3.8) is 0 Å². The summed E-state index contributed by atoms with van der Waals surface area (Å²) in [6.45, 7) is 5.51. The third-order valence-electron chi connectivity index (χ3n) is 4.01. The number of carbonyl (C=O) groups excluding carboxylic acids is 2. The fraction of sp³-hybridized carbons (Fsp3) is 0.857. The molecule has 120 valence electrons. The fourth-order valence-corrected chi connectivity index (χ4v) is 3.28. The Kier molecular flexibility index (Phi) is 5.89. The Bertz CT molecular complexity index is 373. The minimum atomic E-state index is -0.643. The molecular weight excluding hydrogens is 292 g/mol. The summed E-state index contributed by atoms with van der Waals surface area (Å²) < 4.78 is 5.21. The Morgan fingerprint density at radius 2 is 1.52 bits per heavy atom. The predicted molar refractivity (Wildman–Crippen MR) is 81.2 cm³/mol. The Balaban J connectivity index is 1.64. The highest BCUT2D eigenvalue weighted by molar-refractivity contribution is 8.00. The molecule has 0 radical (unpaired) electrons. The molecule has 0 saturated carbocycles. The largest absolute Gasteiger partial charge is 0.390 e. The fourth-order valence-electron chi connectivity index (χ4n) is 2.46. The summed E-state index contributed by atoms with van der Waals surface area (Å²) in [5.74, 6) is 0.818. The number of aliphatic hydroxyl groups is 1. The van der Waals surface area contributed by atoms with E-state index in [9.17, 15) is 14.7 Å². The zero-order valence-electron chi connectivity index (χ0n) is 12.5. The van der Waals surface area contributed by atoms with Gasteiger partial charge in [-0.25, -0.2) is 0 Å². The van der Waals surface area contributed by atoms with Crippen molar-refractivity contribution in [3.05, 3.63) is 0 Å². The van der Waals surface area contributed by atoms with Gasteiger partial charge in [0, 0.05) is 26.2 Å². The van der Waals surface area contributed by atoms with Gasteiger partial charge in [-0.1, -0.05) is 0 Å². The van der Waals surface area contributed by atoms with Crippen LogP contribution in [0.3, 0.4) is 0 Å². The number of ether oxygens (including phenoxy) is 1. The Morgan fingerprint density at radius 3 is 2.05 bits per heavy atom. The number of rotatable bonds is 4. The molecule has 2 amide bonds. The third kappa shape index (κ3) is 5.16. The summed E-state index contributed by atoms with van der Waals surface area (Å²) in [7, 11) is 0. The van der Waals surface area contributed by atoms with Crippen molar-refractivity contribution >= 4 is 23.6 Å². The van der Waals surface area contributed by atoms with E-state index in [4.69, 9.17) is 4.74 Å². The zero-order chi connectivity index (χ0) is 15.3.